The second kappa shape index (κ2) is 9.67. The number of aryl methyl sites for hydroxylation is 2. The first-order valence-electron chi connectivity index (χ1n) is 13.5. The zero-order valence-electron chi connectivity index (χ0n) is 21.2. The van der Waals surface area contributed by atoms with Crippen molar-refractivity contribution in [2.45, 2.75) is 82.4 Å². The molecule has 0 spiro atoms. The Labute approximate surface area is 212 Å². The van der Waals surface area contributed by atoms with E-state index in [0.717, 1.165) is 68.8 Å². The average molecular weight is 490 g/mol. The van der Waals surface area contributed by atoms with Crippen molar-refractivity contribution in [3.8, 4) is 0 Å². The summed E-state index contributed by atoms with van der Waals surface area (Å²) in [7, 11) is 0. The SMILES string of the molecule is Cc1ccc2ncc(F)c(CCC34CCC(NCc5ccc(N6CCCCC6)nc5)(CC3)CO4)c2n1. The molecule has 3 aliphatic heterocycles. The van der Waals surface area contributed by atoms with E-state index in [9.17, 15) is 4.39 Å². The molecule has 0 aromatic carbocycles. The third-order valence-corrected chi connectivity index (χ3v) is 8.66. The van der Waals surface area contributed by atoms with Crippen LogP contribution in [-0.4, -0.2) is 45.8 Å². The van der Waals surface area contributed by atoms with Crippen LogP contribution in [0.5, 0.6) is 0 Å². The summed E-state index contributed by atoms with van der Waals surface area (Å²) in [5.41, 5.74) is 4.08. The van der Waals surface area contributed by atoms with Crippen molar-refractivity contribution in [1.29, 1.82) is 0 Å². The zero-order valence-corrected chi connectivity index (χ0v) is 21.2. The molecule has 7 heteroatoms. The molecular weight excluding hydrogens is 453 g/mol. The van der Waals surface area contributed by atoms with Gasteiger partial charge in [0.25, 0.3) is 0 Å². The van der Waals surface area contributed by atoms with E-state index in [1.807, 2.05) is 25.3 Å². The molecule has 4 aliphatic rings. The van der Waals surface area contributed by atoms with E-state index in [-0.39, 0.29) is 17.0 Å². The van der Waals surface area contributed by atoms with Crippen molar-refractivity contribution < 1.29 is 9.13 Å². The summed E-state index contributed by atoms with van der Waals surface area (Å²) in [6, 6.07) is 8.22. The highest BCUT2D eigenvalue weighted by molar-refractivity contribution is 5.77. The number of rotatable bonds is 7. The third kappa shape index (κ3) is 4.71. The summed E-state index contributed by atoms with van der Waals surface area (Å²) in [5.74, 6) is 0.836. The zero-order chi connectivity index (χ0) is 24.6. The molecule has 3 saturated heterocycles. The third-order valence-electron chi connectivity index (χ3n) is 8.66. The number of hydrogen-bond donors (Lipinski definition) is 1. The van der Waals surface area contributed by atoms with Gasteiger partial charge in [-0.1, -0.05) is 6.07 Å². The van der Waals surface area contributed by atoms with Gasteiger partial charge >= 0.3 is 0 Å². The maximum Gasteiger partial charge on any atom is 0.146 e. The van der Waals surface area contributed by atoms with Crippen molar-refractivity contribution in [2.24, 2.45) is 0 Å². The molecule has 1 aliphatic carbocycles. The summed E-state index contributed by atoms with van der Waals surface area (Å²) >= 11 is 0. The van der Waals surface area contributed by atoms with Gasteiger partial charge in [-0.2, -0.15) is 0 Å². The van der Waals surface area contributed by atoms with Crippen molar-refractivity contribution in [2.75, 3.05) is 24.6 Å². The maximum atomic E-state index is 14.7. The fourth-order valence-electron chi connectivity index (χ4n) is 6.22. The Bertz CT molecular complexity index is 1190. The van der Waals surface area contributed by atoms with Crippen molar-refractivity contribution >= 4 is 16.9 Å². The van der Waals surface area contributed by atoms with Crippen LogP contribution in [0.4, 0.5) is 10.2 Å². The monoisotopic (exact) mass is 489 g/mol. The highest BCUT2D eigenvalue weighted by Gasteiger charge is 2.49. The van der Waals surface area contributed by atoms with Crippen LogP contribution in [0.1, 0.15) is 68.2 Å². The van der Waals surface area contributed by atoms with Crippen LogP contribution in [-0.2, 0) is 17.7 Å². The van der Waals surface area contributed by atoms with Gasteiger partial charge in [0.1, 0.15) is 11.6 Å². The lowest BCUT2D eigenvalue weighted by atomic mass is 9.69. The van der Waals surface area contributed by atoms with Gasteiger partial charge in [0.15, 0.2) is 0 Å². The molecule has 0 unspecified atom stereocenters. The Morgan fingerprint density at radius 2 is 1.83 bits per heavy atom. The van der Waals surface area contributed by atoms with Crippen LogP contribution in [0.2, 0.25) is 0 Å². The fraction of sp³-hybridized carbons (Fsp3) is 0.552. The number of piperidine rings is 1. The molecule has 6 heterocycles. The van der Waals surface area contributed by atoms with Crippen LogP contribution >= 0.6 is 0 Å². The van der Waals surface area contributed by atoms with Crippen LogP contribution < -0.4 is 10.2 Å². The molecule has 0 radical (unpaired) electrons. The van der Waals surface area contributed by atoms with Gasteiger partial charge in [0.2, 0.25) is 0 Å². The number of nitrogens with one attached hydrogen (secondary N) is 1. The normalized spacial score (nSPS) is 26.0. The molecular formula is C29H36FN5O. The van der Waals surface area contributed by atoms with E-state index in [4.69, 9.17) is 9.72 Å². The van der Waals surface area contributed by atoms with Gasteiger partial charge in [-0.25, -0.2) is 9.37 Å². The van der Waals surface area contributed by atoms with Crippen LogP contribution in [0.25, 0.3) is 11.0 Å². The summed E-state index contributed by atoms with van der Waals surface area (Å²) in [6.07, 6.45) is 12.8. The standard InChI is InChI=1S/C29H36FN5O/c1-21-5-7-25-27(34-21)23(24(30)19-31-25)9-10-29-13-11-28(12-14-29,20-36-29)33-18-22-6-8-26(32-17-22)35-15-3-2-4-16-35/h5-8,17,19,33H,2-4,9-16,18,20H2,1H3. The molecule has 4 fully saturated rings. The number of anilines is 1. The Morgan fingerprint density at radius 1 is 1.00 bits per heavy atom. The summed E-state index contributed by atoms with van der Waals surface area (Å²) in [4.78, 5) is 15.9. The number of hydrogen-bond acceptors (Lipinski definition) is 6. The number of pyridine rings is 3. The molecule has 7 rings (SSSR count). The Morgan fingerprint density at radius 3 is 2.56 bits per heavy atom. The average Bonchev–Trinajstić information content (AvgIpc) is 2.93. The molecule has 0 atom stereocenters. The van der Waals surface area contributed by atoms with Gasteiger partial charge in [0.05, 0.1) is 29.4 Å². The van der Waals surface area contributed by atoms with Crippen LogP contribution in [0.15, 0.2) is 36.7 Å². The molecule has 6 nitrogen and oxygen atoms in total. The van der Waals surface area contributed by atoms with E-state index in [1.165, 1.54) is 31.0 Å². The Balaban J connectivity index is 1.06. The molecule has 3 aromatic rings. The van der Waals surface area contributed by atoms with E-state index in [2.05, 4.69) is 32.3 Å². The van der Waals surface area contributed by atoms with Crippen molar-refractivity contribution in [3.05, 3.63) is 59.3 Å². The van der Waals surface area contributed by atoms with Gasteiger partial charge < -0.3 is 15.0 Å². The largest absolute Gasteiger partial charge is 0.373 e. The number of aromatic nitrogens is 3. The van der Waals surface area contributed by atoms with Crippen molar-refractivity contribution in [1.82, 2.24) is 20.3 Å². The first-order valence-corrected chi connectivity index (χ1v) is 13.5. The van der Waals surface area contributed by atoms with Gasteiger partial charge in [-0.3, -0.25) is 9.97 Å². The molecule has 36 heavy (non-hydrogen) atoms. The lowest BCUT2D eigenvalue weighted by Gasteiger charge is -2.53. The number of nitrogens with zero attached hydrogens (tertiary/aromatic N) is 4. The minimum atomic E-state index is -0.264. The number of halogens is 1. The Kier molecular flexibility index (Phi) is 6.38. The molecule has 2 bridgehead atoms. The van der Waals surface area contributed by atoms with Gasteiger partial charge in [0, 0.05) is 42.6 Å². The van der Waals surface area contributed by atoms with Crippen LogP contribution in [0.3, 0.4) is 0 Å². The summed E-state index contributed by atoms with van der Waals surface area (Å²) in [5, 5.41) is 3.81. The van der Waals surface area contributed by atoms with Gasteiger partial charge in [-0.05, 0) is 88.5 Å². The predicted molar refractivity (Wildman–Crippen MR) is 140 cm³/mol. The molecule has 190 valence electrons. The second-order valence-electron chi connectivity index (χ2n) is 11.1. The van der Waals surface area contributed by atoms with E-state index in [1.54, 1.807) is 0 Å². The van der Waals surface area contributed by atoms with Crippen LogP contribution in [0, 0.1) is 12.7 Å². The number of fused-ring (bicyclic) bond motifs is 4. The van der Waals surface area contributed by atoms with Gasteiger partial charge in [-0.15, -0.1) is 0 Å². The second-order valence-corrected chi connectivity index (χ2v) is 11.1. The number of ether oxygens (including phenoxy) is 1. The molecule has 0 amide bonds. The minimum absolute atomic E-state index is 0.0283. The molecule has 3 aromatic heterocycles. The topological polar surface area (TPSA) is 63.2 Å². The highest BCUT2D eigenvalue weighted by atomic mass is 19.1. The van der Waals surface area contributed by atoms with E-state index in [0.29, 0.717) is 24.1 Å². The summed E-state index contributed by atoms with van der Waals surface area (Å²) < 4.78 is 21.2. The smallest absolute Gasteiger partial charge is 0.146 e. The Hall–Kier alpha value is -2.64. The fourth-order valence-corrected chi connectivity index (χ4v) is 6.22. The lowest BCUT2D eigenvalue weighted by Crippen LogP contribution is -2.61. The first kappa shape index (κ1) is 23.7. The maximum absolute atomic E-state index is 14.7. The van der Waals surface area contributed by atoms with Crippen molar-refractivity contribution in [3.63, 3.8) is 0 Å². The minimum Gasteiger partial charge on any atom is -0.373 e. The summed E-state index contributed by atoms with van der Waals surface area (Å²) in [6.45, 7) is 5.69. The quantitative estimate of drug-likeness (QED) is 0.488. The molecule has 1 saturated carbocycles. The predicted octanol–water partition coefficient (Wildman–Crippen LogP) is 5.27. The lowest BCUT2D eigenvalue weighted by molar-refractivity contribution is -0.165. The van der Waals surface area contributed by atoms with E-state index < -0.39 is 0 Å². The first-order chi connectivity index (χ1) is 17.5. The highest BCUT2D eigenvalue weighted by Crippen LogP contribution is 2.46. The van der Waals surface area contributed by atoms with E-state index >= 15 is 0 Å². The molecule has 1 N–H and O–H groups in total.